The molecule has 2 aromatic heterocycles. The van der Waals surface area contributed by atoms with E-state index in [9.17, 15) is 0 Å². The fraction of sp³-hybridized carbons (Fsp3) is 0.550. The zero-order valence-corrected chi connectivity index (χ0v) is 17.6. The van der Waals surface area contributed by atoms with Gasteiger partial charge in [0.1, 0.15) is 5.82 Å². The number of nitrogens with zero attached hydrogens (tertiary/aromatic N) is 4. The van der Waals surface area contributed by atoms with Crippen LogP contribution in [0.25, 0.3) is 0 Å². The lowest BCUT2D eigenvalue weighted by molar-refractivity contribution is 0.122. The molecule has 0 radical (unpaired) electrons. The van der Waals surface area contributed by atoms with Crippen molar-refractivity contribution < 1.29 is 4.74 Å². The Hall–Kier alpha value is -2.19. The summed E-state index contributed by atoms with van der Waals surface area (Å²) in [6.45, 7) is 9.72. The Morgan fingerprint density at radius 2 is 2.11 bits per heavy atom. The van der Waals surface area contributed by atoms with Crippen molar-refractivity contribution in [3.8, 4) is 0 Å². The molecule has 0 aromatic carbocycles. The molecule has 0 unspecified atom stereocenters. The molecule has 2 N–H and O–H groups in total. The Morgan fingerprint density at radius 3 is 2.86 bits per heavy atom. The first-order chi connectivity index (χ1) is 13.8. The minimum Gasteiger partial charge on any atom is -0.378 e. The molecule has 1 fully saturated rings. The van der Waals surface area contributed by atoms with Crippen LogP contribution in [0.3, 0.4) is 0 Å². The van der Waals surface area contributed by atoms with Crippen LogP contribution >= 0.6 is 11.3 Å². The molecule has 8 heteroatoms. The third kappa shape index (κ3) is 5.90. The molecule has 28 heavy (non-hydrogen) atoms. The minimum atomic E-state index is 0.590. The van der Waals surface area contributed by atoms with Gasteiger partial charge in [-0.25, -0.2) is 15.0 Å². The Bertz CT molecular complexity index is 757. The number of morpholine rings is 1. The van der Waals surface area contributed by atoms with Gasteiger partial charge in [-0.05, 0) is 19.4 Å². The maximum absolute atomic E-state index is 5.46. The number of pyridine rings is 1. The molecule has 3 heterocycles. The zero-order chi connectivity index (χ0) is 19.6. The molecule has 0 aliphatic carbocycles. The molecule has 0 bridgehead atoms. The van der Waals surface area contributed by atoms with E-state index in [0.29, 0.717) is 6.54 Å². The number of hydrogen-bond acceptors (Lipinski definition) is 6. The van der Waals surface area contributed by atoms with Gasteiger partial charge in [-0.3, -0.25) is 0 Å². The summed E-state index contributed by atoms with van der Waals surface area (Å²) < 4.78 is 5.46. The molecule has 3 rings (SSSR count). The third-order valence-corrected chi connectivity index (χ3v) is 5.71. The maximum Gasteiger partial charge on any atom is 0.191 e. The van der Waals surface area contributed by atoms with Crippen molar-refractivity contribution in [2.75, 3.05) is 44.3 Å². The third-order valence-electron chi connectivity index (χ3n) is 4.51. The molecule has 2 aromatic rings. The Kier molecular flexibility index (Phi) is 8.05. The number of hydrogen-bond donors (Lipinski definition) is 2. The first-order valence-corrected chi connectivity index (χ1v) is 10.8. The summed E-state index contributed by atoms with van der Waals surface area (Å²) in [7, 11) is 0. The van der Waals surface area contributed by atoms with Crippen LogP contribution in [-0.4, -0.2) is 55.3 Å². The van der Waals surface area contributed by atoms with Crippen LogP contribution in [0, 0.1) is 0 Å². The lowest BCUT2D eigenvalue weighted by Gasteiger charge is -2.29. The number of ether oxygens (including phenoxy) is 1. The van der Waals surface area contributed by atoms with E-state index >= 15 is 0 Å². The van der Waals surface area contributed by atoms with E-state index in [4.69, 9.17) is 9.73 Å². The molecule has 1 saturated heterocycles. The van der Waals surface area contributed by atoms with Gasteiger partial charge in [0.05, 0.1) is 24.8 Å². The van der Waals surface area contributed by atoms with Crippen LogP contribution in [0.15, 0.2) is 29.5 Å². The van der Waals surface area contributed by atoms with Crippen LogP contribution in [0.5, 0.6) is 0 Å². The first kappa shape index (κ1) is 20.5. The second-order valence-electron chi connectivity index (χ2n) is 6.53. The van der Waals surface area contributed by atoms with E-state index in [2.05, 4.69) is 45.4 Å². The molecule has 152 valence electrons. The second kappa shape index (κ2) is 11.0. The van der Waals surface area contributed by atoms with Crippen molar-refractivity contribution in [3.05, 3.63) is 40.0 Å². The smallest absolute Gasteiger partial charge is 0.191 e. The van der Waals surface area contributed by atoms with Gasteiger partial charge < -0.3 is 20.3 Å². The number of aryl methyl sites for hydroxylation is 1. The normalized spacial score (nSPS) is 14.9. The Labute approximate surface area is 171 Å². The Balaban J connectivity index is 1.59. The number of guanidine groups is 1. The van der Waals surface area contributed by atoms with Gasteiger partial charge in [-0.1, -0.05) is 13.0 Å². The van der Waals surface area contributed by atoms with E-state index in [1.165, 1.54) is 9.88 Å². The monoisotopic (exact) mass is 402 g/mol. The quantitative estimate of drug-likeness (QED) is 0.521. The van der Waals surface area contributed by atoms with E-state index in [1.807, 2.05) is 18.5 Å². The summed E-state index contributed by atoms with van der Waals surface area (Å²) in [6, 6.07) is 4.08. The molecule has 0 spiro atoms. The highest BCUT2D eigenvalue weighted by molar-refractivity contribution is 7.11. The average Bonchev–Trinajstić information content (AvgIpc) is 3.21. The maximum atomic E-state index is 5.46. The number of aromatic nitrogens is 2. The predicted molar refractivity (Wildman–Crippen MR) is 115 cm³/mol. The number of rotatable bonds is 8. The number of aliphatic imine (C=N–C) groups is 1. The summed E-state index contributed by atoms with van der Waals surface area (Å²) in [5.74, 6) is 1.84. The van der Waals surface area contributed by atoms with Crippen LogP contribution in [0.2, 0.25) is 0 Å². The van der Waals surface area contributed by atoms with E-state index in [-0.39, 0.29) is 0 Å². The van der Waals surface area contributed by atoms with Crippen molar-refractivity contribution in [1.82, 2.24) is 20.6 Å². The van der Waals surface area contributed by atoms with Crippen molar-refractivity contribution in [2.24, 2.45) is 4.99 Å². The lowest BCUT2D eigenvalue weighted by Crippen LogP contribution is -2.38. The van der Waals surface area contributed by atoms with E-state index in [1.54, 1.807) is 11.3 Å². The minimum absolute atomic E-state index is 0.590. The van der Waals surface area contributed by atoms with Gasteiger partial charge in [0.25, 0.3) is 0 Å². The van der Waals surface area contributed by atoms with Gasteiger partial charge >= 0.3 is 0 Å². The van der Waals surface area contributed by atoms with Gasteiger partial charge in [0.2, 0.25) is 0 Å². The summed E-state index contributed by atoms with van der Waals surface area (Å²) in [4.78, 5) is 17.5. The van der Waals surface area contributed by atoms with Crippen molar-refractivity contribution in [3.63, 3.8) is 0 Å². The number of anilines is 1. The highest BCUT2D eigenvalue weighted by Crippen LogP contribution is 2.19. The van der Waals surface area contributed by atoms with Crippen molar-refractivity contribution in [1.29, 1.82) is 0 Å². The van der Waals surface area contributed by atoms with Gasteiger partial charge in [0.15, 0.2) is 5.96 Å². The fourth-order valence-electron chi connectivity index (χ4n) is 3.03. The molecule has 0 atom stereocenters. The lowest BCUT2D eigenvalue weighted by atomic mass is 10.2. The molecule has 1 aliphatic heterocycles. The molecule has 0 amide bonds. The summed E-state index contributed by atoms with van der Waals surface area (Å²) in [5.41, 5.74) is 1.13. The van der Waals surface area contributed by atoms with Crippen LogP contribution in [0.1, 0.15) is 29.3 Å². The topological polar surface area (TPSA) is 74.7 Å². The van der Waals surface area contributed by atoms with Crippen molar-refractivity contribution in [2.45, 2.75) is 33.2 Å². The number of nitrogens with one attached hydrogen (secondary N) is 2. The van der Waals surface area contributed by atoms with Crippen LogP contribution in [0.4, 0.5) is 5.82 Å². The van der Waals surface area contributed by atoms with Gasteiger partial charge in [-0.2, -0.15) is 0 Å². The van der Waals surface area contributed by atoms with Crippen LogP contribution in [-0.2, 0) is 24.1 Å². The predicted octanol–water partition coefficient (Wildman–Crippen LogP) is 2.23. The highest BCUT2D eigenvalue weighted by Gasteiger charge is 2.15. The first-order valence-electron chi connectivity index (χ1n) is 10.0. The summed E-state index contributed by atoms with van der Waals surface area (Å²) in [5, 5.41) is 7.91. The summed E-state index contributed by atoms with van der Waals surface area (Å²) >= 11 is 1.79. The fourth-order valence-corrected chi connectivity index (χ4v) is 3.90. The average molecular weight is 403 g/mol. The second-order valence-corrected chi connectivity index (χ2v) is 7.73. The molecule has 7 nitrogen and oxygen atoms in total. The number of thiazole rings is 1. The van der Waals surface area contributed by atoms with Crippen LogP contribution < -0.4 is 15.5 Å². The van der Waals surface area contributed by atoms with Gasteiger partial charge in [-0.15, -0.1) is 11.3 Å². The van der Waals surface area contributed by atoms with E-state index in [0.717, 1.165) is 69.6 Å². The Morgan fingerprint density at radius 1 is 1.25 bits per heavy atom. The molecule has 1 aliphatic rings. The SMILES string of the molecule is CCNC(=NCc1cccnc1N1CCOCC1)NCCc1ncc(CC)s1. The van der Waals surface area contributed by atoms with Gasteiger partial charge in [0, 0.05) is 55.4 Å². The largest absolute Gasteiger partial charge is 0.378 e. The zero-order valence-electron chi connectivity index (χ0n) is 16.8. The standard InChI is InChI=1S/C20H30N6OS/c1-3-17-15-24-18(28-17)7-9-23-20(21-4-2)25-14-16-6-5-8-22-19(16)26-10-12-27-13-11-26/h5-6,8,15H,3-4,7,9-14H2,1-2H3,(H2,21,23,25). The molecular weight excluding hydrogens is 372 g/mol. The van der Waals surface area contributed by atoms with E-state index < -0.39 is 0 Å². The van der Waals surface area contributed by atoms with Crippen molar-refractivity contribution >= 4 is 23.1 Å². The molecule has 0 saturated carbocycles. The summed E-state index contributed by atoms with van der Waals surface area (Å²) in [6.07, 6.45) is 5.78. The molecular formula is C20H30N6OS. The highest BCUT2D eigenvalue weighted by atomic mass is 32.1.